The van der Waals surface area contributed by atoms with E-state index in [4.69, 9.17) is 0 Å². The van der Waals surface area contributed by atoms with Crippen LogP contribution in [0.5, 0.6) is 0 Å². The van der Waals surface area contributed by atoms with Crippen molar-refractivity contribution in [3.8, 4) is 0 Å². The summed E-state index contributed by atoms with van der Waals surface area (Å²) in [6, 6.07) is 6.44. The zero-order chi connectivity index (χ0) is 14.1. The molecule has 0 saturated carbocycles. The average Bonchev–Trinajstić information content (AvgIpc) is 2.42. The first kappa shape index (κ1) is 16.0. The van der Waals surface area contributed by atoms with Gasteiger partial charge in [0.05, 0.1) is 6.10 Å². The van der Waals surface area contributed by atoms with Crippen molar-refractivity contribution >= 4 is 17.7 Å². The van der Waals surface area contributed by atoms with Gasteiger partial charge < -0.3 is 10.4 Å². The lowest BCUT2D eigenvalue weighted by Gasteiger charge is -2.11. The number of benzene rings is 1. The Hall–Kier alpha value is -1.07. The van der Waals surface area contributed by atoms with Crippen LogP contribution in [0.25, 0.3) is 0 Å². The number of amides is 1. The van der Waals surface area contributed by atoms with E-state index in [-0.39, 0.29) is 24.7 Å². The number of hydrogen-bond acceptors (Lipinski definition) is 3. The van der Waals surface area contributed by atoms with E-state index >= 15 is 0 Å². The van der Waals surface area contributed by atoms with Crippen molar-refractivity contribution in [1.82, 2.24) is 5.32 Å². The summed E-state index contributed by atoms with van der Waals surface area (Å²) >= 11 is 1.66. The van der Waals surface area contributed by atoms with E-state index in [0.29, 0.717) is 18.4 Å². The van der Waals surface area contributed by atoms with Gasteiger partial charge in [0, 0.05) is 13.0 Å². The first-order valence-corrected chi connectivity index (χ1v) is 7.70. The summed E-state index contributed by atoms with van der Waals surface area (Å²) in [7, 11) is 0. The fourth-order valence-corrected chi connectivity index (χ4v) is 2.13. The van der Waals surface area contributed by atoms with Gasteiger partial charge in [-0.05, 0) is 36.5 Å². The second-order valence-electron chi connectivity index (χ2n) is 4.33. The zero-order valence-electron chi connectivity index (χ0n) is 11.1. The minimum absolute atomic E-state index is 0.161. The molecule has 19 heavy (non-hydrogen) atoms. The maximum Gasteiger partial charge on any atom is 0.220 e. The molecule has 0 heterocycles. The summed E-state index contributed by atoms with van der Waals surface area (Å²) in [5.41, 5.74) is 0.542. The number of thioether (sulfide) groups is 1. The van der Waals surface area contributed by atoms with Crippen LogP contribution in [0.3, 0.4) is 0 Å². The van der Waals surface area contributed by atoms with Gasteiger partial charge in [0.2, 0.25) is 5.91 Å². The standard InChI is InChI=1S/C14H20FNO2S/c1-19-9-8-12(17)10-16-14(18)7-6-11-4-2-3-5-13(11)15/h2-5,12,17H,6-10H2,1H3,(H,16,18). The molecule has 1 aromatic rings. The molecule has 0 bridgehead atoms. The second-order valence-corrected chi connectivity index (χ2v) is 5.32. The lowest BCUT2D eigenvalue weighted by atomic mass is 10.1. The third kappa shape index (κ3) is 6.59. The van der Waals surface area contributed by atoms with Crippen LogP contribution in [0.2, 0.25) is 0 Å². The average molecular weight is 285 g/mol. The van der Waals surface area contributed by atoms with E-state index in [1.807, 2.05) is 6.26 Å². The summed E-state index contributed by atoms with van der Waals surface area (Å²) in [5.74, 6) is 0.425. The van der Waals surface area contributed by atoms with E-state index in [9.17, 15) is 14.3 Å². The Morgan fingerprint density at radius 2 is 2.21 bits per heavy atom. The van der Waals surface area contributed by atoms with Crippen LogP contribution in [-0.4, -0.2) is 35.7 Å². The minimum atomic E-state index is -0.509. The Bertz CT molecular complexity index is 401. The van der Waals surface area contributed by atoms with Gasteiger partial charge in [0.25, 0.3) is 0 Å². The van der Waals surface area contributed by atoms with E-state index in [1.165, 1.54) is 6.07 Å². The highest BCUT2D eigenvalue weighted by molar-refractivity contribution is 7.98. The molecule has 0 radical (unpaired) electrons. The van der Waals surface area contributed by atoms with Crippen LogP contribution in [0.1, 0.15) is 18.4 Å². The van der Waals surface area contributed by atoms with Gasteiger partial charge in [0.1, 0.15) is 5.82 Å². The monoisotopic (exact) mass is 285 g/mol. The van der Waals surface area contributed by atoms with Gasteiger partial charge in [-0.2, -0.15) is 11.8 Å². The predicted octanol–water partition coefficient (Wildman–Crippen LogP) is 1.99. The highest BCUT2D eigenvalue weighted by Gasteiger charge is 2.08. The molecule has 1 aromatic carbocycles. The number of aliphatic hydroxyl groups is 1. The normalized spacial score (nSPS) is 12.2. The molecule has 2 N–H and O–H groups in total. The third-order valence-corrected chi connectivity index (χ3v) is 3.41. The van der Waals surface area contributed by atoms with E-state index in [2.05, 4.69) is 5.32 Å². The molecule has 3 nitrogen and oxygen atoms in total. The summed E-state index contributed by atoms with van der Waals surface area (Å²) in [6.07, 6.45) is 2.73. The molecule has 0 aromatic heterocycles. The number of rotatable bonds is 8. The molecule has 5 heteroatoms. The summed E-state index contributed by atoms with van der Waals surface area (Å²) in [5, 5.41) is 12.2. The maximum absolute atomic E-state index is 13.3. The Morgan fingerprint density at radius 1 is 1.47 bits per heavy atom. The first-order chi connectivity index (χ1) is 9.13. The van der Waals surface area contributed by atoms with Crippen molar-refractivity contribution in [2.24, 2.45) is 0 Å². The molecule has 106 valence electrons. The molecule has 1 rings (SSSR count). The van der Waals surface area contributed by atoms with Crippen LogP contribution in [-0.2, 0) is 11.2 Å². The van der Waals surface area contributed by atoms with Gasteiger partial charge in [-0.1, -0.05) is 18.2 Å². The topological polar surface area (TPSA) is 49.3 Å². The minimum Gasteiger partial charge on any atom is -0.391 e. The lowest BCUT2D eigenvalue weighted by molar-refractivity contribution is -0.121. The van der Waals surface area contributed by atoms with Gasteiger partial charge in [-0.3, -0.25) is 4.79 Å². The molecule has 0 fully saturated rings. The second kappa shape index (κ2) is 8.93. The zero-order valence-corrected chi connectivity index (χ0v) is 11.9. The van der Waals surface area contributed by atoms with Crippen LogP contribution in [0.4, 0.5) is 4.39 Å². The number of aryl methyl sites for hydroxylation is 1. The Balaban J connectivity index is 2.23. The number of carbonyl (C=O) groups is 1. The van der Waals surface area contributed by atoms with Crippen molar-refractivity contribution in [3.63, 3.8) is 0 Å². The van der Waals surface area contributed by atoms with E-state index in [0.717, 1.165) is 5.75 Å². The van der Waals surface area contributed by atoms with Crippen molar-refractivity contribution in [2.75, 3.05) is 18.6 Å². The molecule has 1 unspecified atom stereocenters. The van der Waals surface area contributed by atoms with Gasteiger partial charge in [-0.15, -0.1) is 0 Å². The molecular formula is C14H20FNO2S. The van der Waals surface area contributed by atoms with Gasteiger partial charge in [0.15, 0.2) is 0 Å². The summed E-state index contributed by atoms with van der Waals surface area (Å²) in [4.78, 5) is 11.6. The molecule has 0 aliphatic heterocycles. The largest absolute Gasteiger partial charge is 0.391 e. The SMILES string of the molecule is CSCCC(O)CNC(=O)CCc1ccccc1F. The number of halogens is 1. The molecule has 1 atom stereocenters. The molecule has 0 spiro atoms. The lowest BCUT2D eigenvalue weighted by Crippen LogP contribution is -2.32. The Morgan fingerprint density at radius 3 is 2.89 bits per heavy atom. The van der Waals surface area contributed by atoms with Crippen molar-refractivity contribution < 1.29 is 14.3 Å². The van der Waals surface area contributed by atoms with Gasteiger partial charge in [-0.25, -0.2) is 4.39 Å². The van der Waals surface area contributed by atoms with Crippen molar-refractivity contribution in [3.05, 3.63) is 35.6 Å². The van der Waals surface area contributed by atoms with Gasteiger partial charge >= 0.3 is 0 Å². The van der Waals surface area contributed by atoms with Crippen molar-refractivity contribution in [1.29, 1.82) is 0 Å². The fourth-order valence-electron chi connectivity index (χ4n) is 1.63. The van der Waals surface area contributed by atoms with Crippen LogP contribution in [0, 0.1) is 5.82 Å². The molecule has 0 saturated heterocycles. The Kier molecular flexibility index (Phi) is 7.52. The maximum atomic E-state index is 13.3. The van der Waals surface area contributed by atoms with E-state index in [1.54, 1.807) is 30.0 Å². The summed E-state index contributed by atoms with van der Waals surface area (Å²) < 4.78 is 13.3. The number of aliphatic hydroxyl groups excluding tert-OH is 1. The first-order valence-electron chi connectivity index (χ1n) is 6.30. The number of nitrogens with one attached hydrogen (secondary N) is 1. The number of hydrogen-bond donors (Lipinski definition) is 2. The highest BCUT2D eigenvalue weighted by Crippen LogP contribution is 2.08. The third-order valence-electron chi connectivity index (χ3n) is 2.77. The van der Waals surface area contributed by atoms with Crippen LogP contribution in [0.15, 0.2) is 24.3 Å². The summed E-state index contributed by atoms with van der Waals surface area (Å²) in [6.45, 7) is 0.261. The van der Waals surface area contributed by atoms with Crippen LogP contribution >= 0.6 is 11.8 Å². The number of carbonyl (C=O) groups excluding carboxylic acids is 1. The van der Waals surface area contributed by atoms with E-state index < -0.39 is 6.10 Å². The smallest absolute Gasteiger partial charge is 0.220 e. The molecular weight excluding hydrogens is 265 g/mol. The fraction of sp³-hybridized carbons (Fsp3) is 0.500. The molecule has 0 aliphatic rings. The van der Waals surface area contributed by atoms with Crippen LogP contribution < -0.4 is 5.32 Å². The van der Waals surface area contributed by atoms with Crippen molar-refractivity contribution in [2.45, 2.75) is 25.4 Å². The Labute approximate surface area is 117 Å². The highest BCUT2D eigenvalue weighted by atomic mass is 32.2. The molecule has 0 aliphatic carbocycles. The molecule has 1 amide bonds. The quantitative estimate of drug-likeness (QED) is 0.768. The predicted molar refractivity (Wildman–Crippen MR) is 76.7 cm³/mol.